The van der Waals surface area contributed by atoms with Gasteiger partial charge in [0.1, 0.15) is 29.5 Å². The van der Waals surface area contributed by atoms with Crippen LogP contribution in [-0.2, 0) is 18.3 Å². The Labute approximate surface area is 280 Å². The van der Waals surface area contributed by atoms with Crippen molar-refractivity contribution >= 4 is 30.5 Å². The molecule has 9 nitrogen and oxygen atoms in total. The highest BCUT2D eigenvalue weighted by atomic mass is 31.2. The number of hydrogen-bond acceptors (Lipinski definition) is 8. The minimum Gasteiger partial charge on any atom is -0.497 e. The number of Topliss-reactive ketones (excluding diaryl/α,β-unsaturated/α-hetero) is 1. The summed E-state index contributed by atoms with van der Waals surface area (Å²) in [4.78, 5) is 28.2. The van der Waals surface area contributed by atoms with Crippen molar-refractivity contribution in [2.45, 2.75) is 44.8 Å². The third kappa shape index (κ3) is 7.62. The first-order valence-corrected chi connectivity index (χ1v) is 17.3. The maximum absolute atomic E-state index is 13.6. The van der Waals surface area contributed by atoms with Crippen molar-refractivity contribution in [2.75, 3.05) is 32.8 Å². The molecule has 0 aromatic heterocycles. The molecule has 1 saturated heterocycles. The predicted octanol–water partition coefficient (Wildman–Crippen LogP) is 8.52. The highest BCUT2D eigenvalue weighted by Crippen LogP contribution is 2.46. The largest absolute Gasteiger partial charge is 0.497 e. The van der Waals surface area contributed by atoms with Crippen LogP contribution in [0, 0.1) is 5.82 Å². The van der Waals surface area contributed by atoms with Gasteiger partial charge >= 0.3 is 13.7 Å². The van der Waals surface area contributed by atoms with Crippen LogP contribution in [0.1, 0.15) is 54.6 Å². The molecule has 1 aliphatic heterocycles. The summed E-state index contributed by atoms with van der Waals surface area (Å²) in [6, 6.07) is 24.7. The first-order valence-electron chi connectivity index (χ1n) is 15.7. The molecule has 0 spiro atoms. The van der Waals surface area contributed by atoms with E-state index >= 15 is 0 Å². The zero-order chi connectivity index (χ0) is 34.3. The van der Waals surface area contributed by atoms with Gasteiger partial charge in [-0.25, -0.2) is 9.18 Å². The van der Waals surface area contributed by atoms with Gasteiger partial charge in [-0.3, -0.25) is 14.3 Å². The molecule has 0 aliphatic carbocycles. The van der Waals surface area contributed by atoms with Crippen molar-refractivity contribution in [3.05, 3.63) is 108 Å². The summed E-state index contributed by atoms with van der Waals surface area (Å²) in [5, 5.41) is 0.432. The van der Waals surface area contributed by atoms with Crippen LogP contribution in [0.15, 0.2) is 91.0 Å². The Bertz CT molecular complexity index is 1750. The van der Waals surface area contributed by atoms with Crippen molar-refractivity contribution in [1.82, 2.24) is 0 Å². The number of cyclic esters (lactones) is 1. The molecule has 1 fully saturated rings. The average molecular weight is 676 g/mol. The lowest BCUT2D eigenvalue weighted by molar-refractivity contribution is 0.0921. The minimum atomic E-state index is -3.41. The molecule has 0 unspecified atom stereocenters. The Morgan fingerprint density at radius 1 is 0.896 bits per heavy atom. The van der Waals surface area contributed by atoms with E-state index < -0.39 is 31.7 Å². The molecule has 0 saturated carbocycles. The van der Waals surface area contributed by atoms with E-state index in [0.29, 0.717) is 34.7 Å². The molecule has 0 radical (unpaired) electrons. The van der Waals surface area contributed by atoms with Crippen LogP contribution in [0.2, 0.25) is 0 Å². The van der Waals surface area contributed by atoms with E-state index in [0.717, 1.165) is 29.5 Å². The Hall–Kier alpha value is -4.50. The molecule has 1 aliphatic rings. The van der Waals surface area contributed by atoms with E-state index in [1.165, 1.54) is 38.5 Å². The topological polar surface area (TPSA) is 101 Å². The number of carbonyl (C=O) groups excluding carboxylic acids is 2. The summed E-state index contributed by atoms with van der Waals surface area (Å²) in [6.07, 6.45) is 0.811. The maximum atomic E-state index is 13.6. The quantitative estimate of drug-likeness (QED) is 0.0703. The van der Waals surface area contributed by atoms with Gasteiger partial charge in [0.15, 0.2) is 5.78 Å². The third-order valence-corrected chi connectivity index (χ3v) is 10.2. The lowest BCUT2D eigenvalue weighted by Crippen LogP contribution is -2.30. The van der Waals surface area contributed by atoms with Gasteiger partial charge in [-0.15, -0.1) is 0 Å². The number of hydrogen-bond donors (Lipinski definition) is 0. The molecule has 11 heteroatoms. The van der Waals surface area contributed by atoms with E-state index in [9.17, 15) is 18.5 Å². The number of anilines is 1. The first-order chi connectivity index (χ1) is 23.2. The fourth-order valence-corrected chi connectivity index (χ4v) is 6.77. The van der Waals surface area contributed by atoms with E-state index in [-0.39, 0.29) is 18.6 Å². The zero-order valence-corrected chi connectivity index (χ0v) is 28.3. The first kappa shape index (κ1) is 34.8. The number of rotatable bonds is 15. The van der Waals surface area contributed by atoms with Crippen molar-refractivity contribution in [3.63, 3.8) is 0 Å². The third-order valence-electron chi connectivity index (χ3n) is 8.34. The Morgan fingerprint density at radius 2 is 1.56 bits per heavy atom. The Balaban J connectivity index is 1.53. The summed E-state index contributed by atoms with van der Waals surface area (Å²) in [5.41, 5.74) is 3.38. The summed E-state index contributed by atoms with van der Waals surface area (Å²) < 4.78 is 54.3. The van der Waals surface area contributed by atoms with Gasteiger partial charge in [0.25, 0.3) is 0 Å². The molecule has 48 heavy (non-hydrogen) atoms. The Kier molecular flexibility index (Phi) is 11.3. The number of methoxy groups -OCH3 is 1. The fourth-order valence-electron chi connectivity index (χ4n) is 5.68. The highest BCUT2D eigenvalue weighted by molar-refractivity contribution is 7.62. The fraction of sp³-hybridized carbons (Fsp3) is 0.297. The van der Waals surface area contributed by atoms with Crippen molar-refractivity contribution in [2.24, 2.45) is 0 Å². The molecule has 0 N–H and O–H groups in total. The molecule has 2 atom stereocenters. The van der Waals surface area contributed by atoms with Crippen LogP contribution in [0.25, 0.3) is 11.1 Å². The van der Waals surface area contributed by atoms with Crippen molar-refractivity contribution < 1.29 is 41.8 Å². The molecular formula is C37H39FNO8P. The van der Waals surface area contributed by atoms with Crippen LogP contribution >= 0.6 is 7.60 Å². The monoisotopic (exact) mass is 675 g/mol. The second kappa shape index (κ2) is 15.6. The standard InChI is InChI=1S/C37H39FNO8P/c1-5-6-23-46-35-24-27(25-9-18-31(19-10-25)48(42,44-3)45-4)11-20-32(35)36-34(22-21-33(40)26-7-12-28(38)13-8-26)47-37(41)39(36)29-14-16-30(43-2)17-15-29/h7-20,24,34,36H,5-6,21-23H2,1-4H3/t34-,36-/m1/s1. The van der Waals surface area contributed by atoms with E-state index in [1.807, 2.05) is 30.3 Å². The van der Waals surface area contributed by atoms with Gasteiger partial charge in [0.2, 0.25) is 0 Å². The van der Waals surface area contributed by atoms with E-state index in [4.69, 9.17) is 23.3 Å². The summed E-state index contributed by atoms with van der Waals surface area (Å²) in [5.74, 6) is 0.598. The normalized spacial score (nSPS) is 16.1. The van der Waals surface area contributed by atoms with E-state index in [1.54, 1.807) is 48.4 Å². The smallest absolute Gasteiger partial charge is 0.415 e. The molecule has 4 aromatic carbocycles. The summed E-state index contributed by atoms with van der Waals surface area (Å²) >= 11 is 0. The van der Waals surface area contributed by atoms with Gasteiger partial charge in [0.05, 0.1) is 19.0 Å². The van der Waals surface area contributed by atoms with Crippen LogP contribution in [-0.4, -0.2) is 45.9 Å². The molecule has 4 aromatic rings. The van der Waals surface area contributed by atoms with Crippen molar-refractivity contribution in [1.29, 1.82) is 0 Å². The number of ketones is 1. The lowest BCUT2D eigenvalue weighted by Gasteiger charge is -2.27. The van der Waals surface area contributed by atoms with Gasteiger partial charge in [-0.2, -0.15) is 0 Å². The average Bonchev–Trinajstić information content (AvgIpc) is 3.45. The number of unbranched alkanes of at least 4 members (excludes halogenated alkanes) is 1. The highest BCUT2D eigenvalue weighted by Gasteiger charge is 2.45. The van der Waals surface area contributed by atoms with Gasteiger partial charge in [0, 0.05) is 37.5 Å². The molecular weight excluding hydrogens is 636 g/mol. The Morgan fingerprint density at radius 3 is 2.19 bits per heavy atom. The van der Waals surface area contributed by atoms with Crippen molar-refractivity contribution in [3.8, 4) is 22.6 Å². The second-order valence-corrected chi connectivity index (χ2v) is 13.5. The van der Waals surface area contributed by atoms with E-state index in [2.05, 4.69) is 6.92 Å². The lowest BCUT2D eigenvalue weighted by atomic mass is 9.92. The summed E-state index contributed by atoms with van der Waals surface area (Å²) in [6.45, 7) is 2.53. The SMILES string of the molecule is CCCCOc1cc(-c2ccc(P(=O)(OC)OC)cc2)ccc1[C@@H]1[C@@H](CCC(=O)c2ccc(F)cc2)OC(=O)N1c1ccc(OC)cc1. The van der Waals surface area contributed by atoms with Crippen LogP contribution in [0.4, 0.5) is 14.9 Å². The zero-order valence-electron chi connectivity index (χ0n) is 27.4. The van der Waals surface area contributed by atoms with Gasteiger partial charge in [-0.05, 0) is 90.7 Å². The summed E-state index contributed by atoms with van der Waals surface area (Å²) in [7, 11) is 0.844. The molecule has 0 bridgehead atoms. The van der Waals surface area contributed by atoms with Gasteiger partial charge < -0.3 is 23.3 Å². The number of amides is 1. The van der Waals surface area contributed by atoms with Crippen LogP contribution in [0.5, 0.6) is 11.5 Å². The van der Waals surface area contributed by atoms with Crippen LogP contribution in [0.3, 0.4) is 0 Å². The number of benzene rings is 4. The number of carbonyl (C=O) groups is 2. The second-order valence-electron chi connectivity index (χ2n) is 11.3. The van der Waals surface area contributed by atoms with Gasteiger partial charge in [-0.1, -0.05) is 37.6 Å². The molecule has 1 amide bonds. The predicted molar refractivity (Wildman–Crippen MR) is 182 cm³/mol. The maximum Gasteiger partial charge on any atom is 0.415 e. The number of nitrogens with zero attached hydrogens (tertiary/aromatic N) is 1. The molecule has 1 heterocycles. The number of halogens is 1. The molecule has 5 rings (SSSR count). The van der Waals surface area contributed by atoms with Crippen LogP contribution < -0.4 is 19.7 Å². The number of ether oxygens (including phenoxy) is 3. The minimum absolute atomic E-state index is 0.0831. The molecule has 252 valence electrons.